The molecule has 3 heterocycles. The number of fused-ring (bicyclic) bond motifs is 1. The van der Waals surface area contributed by atoms with Crippen LogP contribution in [0.5, 0.6) is 11.5 Å². The lowest BCUT2D eigenvalue weighted by Crippen LogP contribution is -2.57. The fraction of sp³-hybridized carbons (Fsp3) is 0.318. The van der Waals surface area contributed by atoms with E-state index in [2.05, 4.69) is 16.3 Å². The molecule has 0 aromatic heterocycles. The Morgan fingerprint density at radius 1 is 1.29 bits per heavy atom. The van der Waals surface area contributed by atoms with Crippen LogP contribution in [0.3, 0.4) is 0 Å². The highest BCUT2D eigenvalue weighted by atomic mass is 16.5. The number of nitrogens with zero attached hydrogens (tertiary/aromatic N) is 1. The van der Waals surface area contributed by atoms with Crippen molar-refractivity contribution in [2.24, 2.45) is 5.73 Å². The van der Waals surface area contributed by atoms with Crippen LogP contribution in [0, 0.1) is 0 Å². The van der Waals surface area contributed by atoms with E-state index in [9.17, 15) is 4.79 Å². The third-order valence-electron chi connectivity index (χ3n) is 5.64. The number of para-hydroxylation sites is 2. The Kier molecular flexibility index (Phi) is 4.02. The quantitative estimate of drug-likeness (QED) is 0.860. The van der Waals surface area contributed by atoms with Crippen molar-refractivity contribution in [2.45, 2.75) is 25.6 Å². The second kappa shape index (κ2) is 6.56. The van der Waals surface area contributed by atoms with Gasteiger partial charge in [-0.15, -0.1) is 0 Å². The maximum absolute atomic E-state index is 12.8. The molecule has 6 heteroatoms. The normalized spacial score (nSPS) is 22.4. The molecular formula is C22H23N3O3. The number of nitrogens with one attached hydrogen (secondary N) is 1. The SMILES string of the molecule is CCOc1cccc2c1OCC([C@@H]1NC(=O)c3cccc4c3N1CC[C@@H]4N)=C2. The van der Waals surface area contributed by atoms with Crippen LogP contribution in [-0.4, -0.2) is 31.8 Å². The van der Waals surface area contributed by atoms with Gasteiger partial charge in [-0.25, -0.2) is 0 Å². The zero-order valence-electron chi connectivity index (χ0n) is 15.8. The third kappa shape index (κ3) is 2.56. The molecular weight excluding hydrogens is 354 g/mol. The van der Waals surface area contributed by atoms with Gasteiger partial charge in [-0.1, -0.05) is 24.3 Å². The van der Waals surface area contributed by atoms with Crippen LogP contribution in [0.2, 0.25) is 0 Å². The van der Waals surface area contributed by atoms with Gasteiger partial charge in [-0.3, -0.25) is 4.79 Å². The Hall–Kier alpha value is -2.99. The first-order chi connectivity index (χ1) is 13.7. The van der Waals surface area contributed by atoms with Crippen LogP contribution in [-0.2, 0) is 0 Å². The smallest absolute Gasteiger partial charge is 0.255 e. The number of nitrogens with two attached hydrogens (primary N) is 1. The van der Waals surface area contributed by atoms with Crippen molar-refractivity contribution in [3.05, 3.63) is 58.7 Å². The van der Waals surface area contributed by atoms with E-state index in [1.54, 1.807) is 0 Å². The molecule has 0 unspecified atom stereocenters. The van der Waals surface area contributed by atoms with Gasteiger partial charge in [0.15, 0.2) is 11.5 Å². The molecule has 144 valence electrons. The highest BCUT2D eigenvalue weighted by molar-refractivity contribution is 6.03. The van der Waals surface area contributed by atoms with Crippen LogP contribution in [0.25, 0.3) is 6.08 Å². The fourth-order valence-corrected chi connectivity index (χ4v) is 4.37. The van der Waals surface area contributed by atoms with Gasteiger partial charge in [0.05, 0.1) is 17.9 Å². The number of anilines is 1. The molecule has 0 aliphatic carbocycles. The summed E-state index contributed by atoms with van der Waals surface area (Å²) in [5, 5.41) is 3.16. The molecule has 1 amide bonds. The van der Waals surface area contributed by atoms with E-state index < -0.39 is 0 Å². The van der Waals surface area contributed by atoms with Crippen molar-refractivity contribution in [3.8, 4) is 11.5 Å². The van der Waals surface area contributed by atoms with Crippen molar-refractivity contribution >= 4 is 17.7 Å². The van der Waals surface area contributed by atoms with Gasteiger partial charge in [0.25, 0.3) is 5.91 Å². The van der Waals surface area contributed by atoms with Crippen molar-refractivity contribution in [2.75, 3.05) is 24.7 Å². The summed E-state index contributed by atoms with van der Waals surface area (Å²) in [7, 11) is 0. The van der Waals surface area contributed by atoms with Gasteiger partial charge in [0.2, 0.25) is 0 Å². The molecule has 2 aromatic rings. The molecule has 28 heavy (non-hydrogen) atoms. The first kappa shape index (κ1) is 17.1. The van der Waals surface area contributed by atoms with Crippen molar-refractivity contribution < 1.29 is 14.3 Å². The topological polar surface area (TPSA) is 76.8 Å². The molecule has 3 aliphatic rings. The van der Waals surface area contributed by atoms with Gasteiger partial charge >= 0.3 is 0 Å². The Morgan fingerprint density at radius 2 is 2.14 bits per heavy atom. The van der Waals surface area contributed by atoms with Crippen LogP contribution in [0.15, 0.2) is 42.0 Å². The monoisotopic (exact) mass is 377 g/mol. The van der Waals surface area contributed by atoms with E-state index in [0.29, 0.717) is 18.8 Å². The largest absolute Gasteiger partial charge is 0.490 e. The molecule has 0 radical (unpaired) electrons. The molecule has 2 aromatic carbocycles. The van der Waals surface area contributed by atoms with Gasteiger partial charge in [0, 0.05) is 23.7 Å². The molecule has 0 bridgehead atoms. The molecule has 0 fully saturated rings. The summed E-state index contributed by atoms with van der Waals surface area (Å²) in [6.07, 6.45) is 2.72. The Morgan fingerprint density at radius 3 is 3.00 bits per heavy atom. The summed E-state index contributed by atoms with van der Waals surface area (Å²) in [5.74, 6) is 1.44. The third-order valence-corrected chi connectivity index (χ3v) is 5.64. The molecule has 0 saturated carbocycles. The Bertz CT molecular complexity index is 985. The molecule has 0 saturated heterocycles. The summed E-state index contributed by atoms with van der Waals surface area (Å²) < 4.78 is 11.7. The number of carbonyl (C=O) groups excluding carboxylic acids is 1. The minimum Gasteiger partial charge on any atom is -0.490 e. The Labute approximate surface area is 163 Å². The molecule has 5 rings (SSSR count). The van der Waals surface area contributed by atoms with E-state index in [0.717, 1.165) is 46.9 Å². The lowest BCUT2D eigenvalue weighted by molar-refractivity contribution is 0.0930. The maximum Gasteiger partial charge on any atom is 0.255 e. The molecule has 3 aliphatic heterocycles. The Balaban J connectivity index is 1.56. The minimum atomic E-state index is -0.238. The highest BCUT2D eigenvalue weighted by Gasteiger charge is 2.38. The molecule has 0 spiro atoms. The summed E-state index contributed by atoms with van der Waals surface area (Å²) in [4.78, 5) is 15.1. The molecule has 2 atom stereocenters. The summed E-state index contributed by atoms with van der Waals surface area (Å²) in [6.45, 7) is 3.74. The van der Waals surface area contributed by atoms with Gasteiger partial charge in [0.1, 0.15) is 12.8 Å². The van der Waals surface area contributed by atoms with Crippen molar-refractivity contribution in [3.63, 3.8) is 0 Å². The van der Waals surface area contributed by atoms with E-state index in [-0.39, 0.29) is 18.1 Å². The summed E-state index contributed by atoms with van der Waals surface area (Å²) in [6, 6.07) is 11.6. The van der Waals surface area contributed by atoms with Gasteiger partial charge in [-0.05, 0) is 37.1 Å². The number of hydrogen-bond acceptors (Lipinski definition) is 5. The molecule has 3 N–H and O–H groups in total. The lowest BCUT2D eigenvalue weighted by atomic mass is 9.90. The number of amides is 1. The first-order valence-corrected chi connectivity index (χ1v) is 9.72. The highest BCUT2D eigenvalue weighted by Crippen LogP contribution is 2.42. The molecule has 6 nitrogen and oxygen atoms in total. The summed E-state index contributed by atoms with van der Waals surface area (Å²) >= 11 is 0. The predicted molar refractivity (Wildman–Crippen MR) is 108 cm³/mol. The van der Waals surface area contributed by atoms with Gasteiger partial charge < -0.3 is 25.4 Å². The lowest BCUT2D eigenvalue weighted by Gasteiger charge is -2.45. The van der Waals surface area contributed by atoms with Crippen LogP contribution >= 0.6 is 0 Å². The average Bonchev–Trinajstić information content (AvgIpc) is 2.72. The van der Waals surface area contributed by atoms with Crippen LogP contribution in [0.4, 0.5) is 5.69 Å². The van der Waals surface area contributed by atoms with Crippen molar-refractivity contribution in [1.29, 1.82) is 0 Å². The second-order valence-electron chi connectivity index (χ2n) is 7.32. The first-order valence-electron chi connectivity index (χ1n) is 9.72. The number of carbonyl (C=O) groups is 1. The number of rotatable bonds is 3. The average molecular weight is 377 g/mol. The van der Waals surface area contributed by atoms with E-state index >= 15 is 0 Å². The van der Waals surface area contributed by atoms with Gasteiger partial charge in [-0.2, -0.15) is 0 Å². The van der Waals surface area contributed by atoms with Crippen molar-refractivity contribution in [1.82, 2.24) is 5.32 Å². The van der Waals surface area contributed by atoms with E-state index in [1.807, 2.05) is 43.3 Å². The zero-order chi connectivity index (χ0) is 19.3. The second-order valence-corrected chi connectivity index (χ2v) is 7.32. The number of benzene rings is 2. The van der Waals surface area contributed by atoms with E-state index in [1.165, 1.54) is 0 Å². The number of hydrogen-bond donors (Lipinski definition) is 2. The minimum absolute atomic E-state index is 0.0381. The zero-order valence-corrected chi connectivity index (χ0v) is 15.8. The van der Waals surface area contributed by atoms with Crippen LogP contribution in [0.1, 0.15) is 40.9 Å². The van der Waals surface area contributed by atoms with Crippen LogP contribution < -0.4 is 25.4 Å². The standard InChI is InChI=1S/C22H23N3O3/c1-2-27-18-8-3-5-13-11-14(12-28-20(13)18)21-24-22(26)16-7-4-6-15-17(23)9-10-25(21)19(15)16/h3-8,11,17,21H,2,9-10,12,23H2,1H3,(H,24,26)/t17-,21+/m0/s1. The van der Waals surface area contributed by atoms with E-state index in [4.69, 9.17) is 15.2 Å². The number of ether oxygens (including phenoxy) is 2. The summed E-state index contributed by atoms with van der Waals surface area (Å²) in [5.41, 5.74) is 11.0. The maximum atomic E-state index is 12.8. The fourth-order valence-electron chi connectivity index (χ4n) is 4.37. The predicted octanol–water partition coefficient (Wildman–Crippen LogP) is 2.84.